The lowest BCUT2D eigenvalue weighted by molar-refractivity contribution is 0.701. The molecule has 0 unspecified atom stereocenters. The van der Waals surface area contributed by atoms with E-state index in [9.17, 15) is 0 Å². The fourth-order valence-corrected chi connectivity index (χ4v) is 0.597. The molecule has 0 saturated heterocycles. The molecule has 0 aliphatic carbocycles. The lowest BCUT2D eigenvalue weighted by Crippen LogP contribution is -2.10. The maximum absolute atomic E-state index is 5.31. The molecule has 0 bridgehead atoms. The van der Waals surface area contributed by atoms with Gasteiger partial charge in [-0.15, -0.1) is 0 Å². The summed E-state index contributed by atoms with van der Waals surface area (Å²) in [6.07, 6.45) is 6.00. The first-order chi connectivity index (χ1) is 4.91. The second-order valence-corrected chi connectivity index (χ2v) is 2.07. The molecule has 0 atom stereocenters. The van der Waals surface area contributed by atoms with E-state index in [4.69, 9.17) is 5.73 Å². The third-order valence-electron chi connectivity index (χ3n) is 1.14. The summed E-state index contributed by atoms with van der Waals surface area (Å²) < 4.78 is 0. The third-order valence-corrected chi connectivity index (χ3v) is 1.14. The number of nitrogens with one attached hydrogen (secondary N) is 2. The van der Waals surface area contributed by atoms with Gasteiger partial charge in [-0.25, -0.2) is 0 Å². The van der Waals surface area contributed by atoms with Crippen molar-refractivity contribution in [1.29, 1.82) is 0 Å². The molecule has 0 saturated carbocycles. The molecule has 0 aromatic heterocycles. The average molecular weight is 143 g/mol. The molecule has 60 valence electrons. The average Bonchev–Trinajstić information content (AvgIpc) is 1.97. The Balaban J connectivity index is 2.83. The monoisotopic (exact) mass is 143 g/mol. The Hall–Kier alpha value is -0.700. The van der Waals surface area contributed by atoms with Gasteiger partial charge in [-0.2, -0.15) is 0 Å². The topological polar surface area (TPSA) is 50.1 Å². The van der Waals surface area contributed by atoms with E-state index in [0.29, 0.717) is 0 Å². The zero-order valence-electron chi connectivity index (χ0n) is 6.56. The summed E-state index contributed by atoms with van der Waals surface area (Å²) in [7, 11) is 1.87. The highest BCUT2D eigenvalue weighted by Crippen LogP contribution is 1.81. The highest BCUT2D eigenvalue weighted by atomic mass is 14.9. The van der Waals surface area contributed by atoms with Gasteiger partial charge >= 0.3 is 0 Å². The van der Waals surface area contributed by atoms with Crippen LogP contribution in [0.5, 0.6) is 0 Å². The molecule has 0 rings (SSSR count). The predicted molar refractivity (Wildman–Crippen MR) is 44.5 cm³/mol. The van der Waals surface area contributed by atoms with Crippen molar-refractivity contribution in [3.05, 3.63) is 12.4 Å². The molecule has 0 aromatic rings. The van der Waals surface area contributed by atoms with Crippen molar-refractivity contribution in [2.24, 2.45) is 5.73 Å². The predicted octanol–water partition coefficient (Wildman–Crippen LogP) is 0.00550. The molecule has 0 aromatic carbocycles. The zero-order valence-corrected chi connectivity index (χ0v) is 6.56. The number of rotatable bonds is 6. The van der Waals surface area contributed by atoms with E-state index in [1.807, 2.05) is 19.4 Å². The van der Waals surface area contributed by atoms with E-state index in [1.54, 1.807) is 0 Å². The van der Waals surface area contributed by atoms with Crippen LogP contribution < -0.4 is 16.4 Å². The van der Waals surface area contributed by atoms with Crippen LogP contribution in [0.25, 0.3) is 0 Å². The lowest BCUT2D eigenvalue weighted by atomic mass is 10.3. The lowest BCUT2D eigenvalue weighted by Gasteiger charge is -1.97. The molecule has 0 heterocycles. The van der Waals surface area contributed by atoms with Gasteiger partial charge < -0.3 is 16.4 Å². The van der Waals surface area contributed by atoms with Gasteiger partial charge in [-0.05, 0) is 19.4 Å². The van der Waals surface area contributed by atoms with Crippen molar-refractivity contribution in [2.45, 2.75) is 12.8 Å². The van der Waals surface area contributed by atoms with Gasteiger partial charge in [0.2, 0.25) is 0 Å². The van der Waals surface area contributed by atoms with Crippen LogP contribution in [-0.4, -0.2) is 20.1 Å². The van der Waals surface area contributed by atoms with Crippen molar-refractivity contribution in [3.8, 4) is 0 Å². The molecule has 3 heteroatoms. The fourth-order valence-electron chi connectivity index (χ4n) is 0.597. The van der Waals surface area contributed by atoms with Crippen LogP contribution in [0.15, 0.2) is 12.4 Å². The van der Waals surface area contributed by atoms with Crippen molar-refractivity contribution in [1.82, 2.24) is 10.6 Å². The first-order valence-electron chi connectivity index (χ1n) is 3.67. The second-order valence-electron chi connectivity index (χ2n) is 2.07. The number of hydrogen-bond donors (Lipinski definition) is 3. The molecule has 0 amide bonds. The van der Waals surface area contributed by atoms with Crippen molar-refractivity contribution >= 4 is 0 Å². The maximum Gasteiger partial charge on any atom is 0.0142 e. The largest absolute Gasteiger partial charge is 0.393 e. The Morgan fingerprint density at radius 2 is 2.10 bits per heavy atom. The van der Waals surface area contributed by atoms with Gasteiger partial charge in [0.1, 0.15) is 0 Å². The third kappa shape index (κ3) is 7.30. The van der Waals surface area contributed by atoms with E-state index in [1.165, 1.54) is 0 Å². The molecule has 0 spiro atoms. The molecule has 10 heavy (non-hydrogen) atoms. The summed E-state index contributed by atoms with van der Waals surface area (Å²) in [5, 5.41) is 6.01. The summed E-state index contributed by atoms with van der Waals surface area (Å²) >= 11 is 0. The number of unbranched alkanes of at least 4 members (excludes halogenated alkanes) is 1. The van der Waals surface area contributed by atoms with Crippen LogP contribution in [-0.2, 0) is 0 Å². The molecular weight excluding hydrogens is 126 g/mol. The highest BCUT2D eigenvalue weighted by Gasteiger charge is 1.80. The van der Waals surface area contributed by atoms with E-state index in [-0.39, 0.29) is 0 Å². The quantitative estimate of drug-likeness (QED) is 0.459. The standard InChI is InChI=1S/C7H17N3/c1-9-6-7-10-5-3-2-4-8/h6-7,9-10H,2-5,8H2,1H3/b7-6-. The van der Waals surface area contributed by atoms with Crippen LogP contribution in [0.4, 0.5) is 0 Å². The van der Waals surface area contributed by atoms with Gasteiger partial charge in [0.25, 0.3) is 0 Å². The minimum atomic E-state index is 0.789. The van der Waals surface area contributed by atoms with E-state index in [2.05, 4.69) is 10.6 Å². The Bertz CT molecular complexity index is 80.9. The molecule has 3 nitrogen and oxygen atoms in total. The number of hydrogen-bond acceptors (Lipinski definition) is 3. The minimum Gasteiger partial charge on any atom is -0.393 e. The normalized spacial score (nSPS) is 10.2. The number of nitrogens with two attached hydrogens (primary N) is 1. The van der Waals surface area contributed by atoms with Crippen LogP contribution in [0.2, 0.25) is 0 Å². The molecule has 0 aliphatic heterocycles. The smallest absolute Gasteiger partial charge is 0.0142 e. The molecule has 4 N–H and O–H groups in total. The van der Waals surface area contributed by atoms with Crippen molar-refractivity contribution in [3.63, 3.8) is 0 Å². The molecule has 0 fully saturated rings. The van der Waals surface area contributed by atoms with Crippen LogP contribution in [0, 0.1) is 0 Å². The summed E-state index contributed by atoms with van der Waals surface area (Å²) in [5.41, 5.74) is 5.31. The SMILES string of the molecule is CN/C=C\NCCCCN. The van der Waals surface area contributed by atoms with Gasteiger partial charge in [0, 0.05) is 26.0 Å². The summed E-state index contributed by atoms with van der Waals surface area (Å²) in [5.74, 6) is 0. The molecule has 0 aliphatic rings. The van der Waals surface area contributed by atoms with Crippen LogP contribution in [0.3, 0.4) is 0 Å². The van der Waals surface area contributed by atoms with Gasteiger partial charge in [0.05, 0.1) is 0 Å². The van der Waals surface area contributed by atoms with Gasteiger partial charge in [-0.1, -0.05) is 0 Å². The summed E-state index contributed by atoms with van der Waals surface area (Å²) in [6.45, 7) is 1.80. The molecular formula is C7H17N3. The Morgan fingerprint density at radius 1 is 1.30 bits per heavy atom. The second kappa shape index (κ2) is 8.30. The Labute approximate surface area is 62.7 Å². The van der Waals surface area contributed by atoms with E-state index < -0.39 is 0 Å². The first-order valence-corrected chi connectivity index (χ1v) is 3.67. The highest BCUT2D eigenvalue weighted by molar-refractivity contribution is 4.74. The summed E-state index contributed by atoms with van der Waals surface area (Å²) in [6, 6.07) is 0. The zero-order chi connectivity index (χ0) is 7.66. The Kier molecular flexibility index (Phi) is 7.72. The van der Waals surface area contributed by atoms with Crippen molar-refractivity contribution in [2.75, 3.05) is 20.1 Å². The molecule has 0 radical (unpaired) electrons. The van der Waals surface area contributed by atoms with Crippen molar-refractivity contribution < 1.29 is 0 Å². The van der Waals surface area contributed by atoms with Gasteiger partial charge in [-0.3, -0.25) is 0 Å². The minimum absolute atomic E-state index is 0.789. The van der Waals surface area contributed by atoms with E-state index >= 15 is 0 Å². The van der Waals surface area contributed by atoms with E-state index in [0.717, 1.165) is 25.9 Å². The van der Waals surface area contributed by atoms with Crippen LogP contribution >= 0.6 is 0 Å². The first kappa shape index (κ1) is 9.30. The summed E-state index contributed by atoms with van der Waals surface area (Å²) in [4.78, 5) is 0. The Morgan fingerprint density at radius 3 is 2.70 bits per heavy atom. The maximum atomic E-state index is 5.31. The van der Waals surface area contributed by atoms with Crippen LogP contribution in [0.1, 0.15) is 12.8 Å². The fraction of sp³-hybridized carbons (Fsp3) is 0.714. The van der Waals surface area contributed by atoms with Gasteiger partial charge in [0.15, 0.2) is 0 Å².